The fourth-order valence-corrected chi connectivity index (χ4v) is 1.88. The van der Waals surface area contributed by atoms with Crippen molar-refractivity contribution in [2.75, 3.05) is 32.7 Å². The standard InChI is InChI=1S/C10H15ClF4N2O/c1-7(11)8(18)17-4-2-16(3-5-17)6-10(14,15)9(12)13/h7,9H,2-6H2,1H3. The second-order valence-corrected chi connectivity index (χ2v) is 4.93. The lowest BCUT2D eigenvalue weighted by Gasteiger charge is -2.36. The Bertz CT molecular complexity index is 294. The average Bonchev–Trinajstić information content (AvgIpc) is 2.28. The number of carbonyl (C=O) groups is 1. The maximum Gasteiger partial charge on any atom is 0.319 e. The minimum absolute atomic E-state index is 0.150. The summed E-state index contributed by atoms with van der Waals surface area (Å²) in [7, 11) is 0. The average molecular weight is 291 g/mol. The van der Waals surface area contributed by atoms with Gasteiger partial charge < -0.3 is 4.90 Å². The Morgan fingerprint density at radius 2 is 1.78 bits per heavy atom. The summed E-state index contributed by atoms with van der Waals surface area (Å²) in [6.07, 6.45) is -3.67. The first-order valence-corrected chi connectivity index (χ1v) is 5.99. The molecule has 1 fully saturated rings. The molecule has 1 aliphatic heterocycles. The highest BCUT2D eigenvalue weighted by molar-refractivity contribution is 6.30. The van der Waals surface area contributed by atoms with Crippen LogP contribution in [0, 0.1) is 0 Å². The molecule has 1 heterocycles. The molecular weight excluding hydrogens is 276 g/mol. The zero-order chi connectivity index (χ0) is 13.9. The second kappa shape index (κ2) is 6.06. The van der Waals surface area contributed by atoms with Gasteiger partial charge in [-0.3, -0.25) is 9.69 Å². The molecule has 1 amide bonds. The molecule has 1 rings (SSSR count). The van der Waals surface area contributed by atoms with Gasteiger partial charge >= 0.3 is 12.3 Å². The Labute approximate surface area is 108 Å². The quantitative estimate of drug-likeness (QED) is 0.581. The van der Waals surface area contributed by atoms with Gasteiger partial charge in [-0.05, 0) is 6.92 Å². The summed E-state index contributed by atoms with van der Waals surface area (Å²) in [5, 5.41) is -0.668. The summed E-state index contributed by atoms with van der Waals surface area (Å²) >= 11 is 5.62. The van der Waals surface area contributed by atoms with Gasteiger partial charge in [-0.25, -0.2) is 8.78 Å². The van der Waals surface area contributed by atoms with Crippen molar-refractivity contribution in [2.45, 2.75) is 24.6 Å². The lowest BCUT2D eigenvalue weighted by atomic mass is 10.2. The van der Waals surface area contributed by atoms with Crippen molar-refractivity contribution in [3.63, 3.8) is 0 Å². The largest absolute Gasteiger partial charge is 0.339 e. The molecule has 0 aromatic rings. The summed E-state index contributed by atoms with van der Waals surface area (Å²) < 4.78 is 49.7. The smallest absolute Gasteiger partial charge is 0.319 e. The lowest BCUT2D eigenvalue weighted by molar-refractivity contribution is -0.148. The molecule has 1 unspecified atom stereocenters. The van der Waals surface area contributed by atoms with E-state index >= 15 is 0 Å². The van der Waals surface area contributed by atoms with Crippen LogP contribution in [0.3, 0.4) is 0 Å². The van der Waals surface area contributed by atoms with Gasteiger partial charge in [0.1, 0.15) is 5.38 Å². The fraction of sp³-hybridized carbons (Fsp3) is 0.900. The third-order valence-electron chi connectivity index (χ3n) is 2.78. The van der Waals surface area contributed by atoms with Crippen LogP contribution < -0.4 is 0 Å². The van der Waals surface area contributed by atoms with Crippen LogP contribution in [0.2, 0.25) is 0 Å². The number of hydrogen-bond acceptors (Lipinski definition) is 2. The van der Waals surface area contributed by atoms with Gasteiger partial charge in [0.25, 0.3) is 0 Å². The molecule has 0 saturated carbocycles. The molecule has 18 heavy (non-hydrogen) atoms. The van der Waals surface area contributed by atoms with E-state index in [0.717, 1.165) is 0 Å². The van der Waals surface area contributed by atoms with E-state index in [9.17, 15) is 22.4 Å². The lowest BCUT2D eigenvalue weighted by Crippen LogP contribution is -2.53. The van der Waals surface area contributed by atoms with E-state index < -0.39 is 24.3 Å². The number of hydrogen-bond donors (Lipinski definition) is 0. The van der Waals surface area contributed by atoms with Crippen molar-refractivity contribution in [3.8, 4) is 0 Å². The Balaban J connectivity index is 2.43. The molecular formula is C10H15ClF4N2O. The Hall–Kier alpha value is -0.560. The van der Waals surface area contributed by atoms with Crippen molar-refractivity contribution in [3.05, 3.63) is 0 Å². The SMILES string of the molecule is CC(Cl)C(=O)N1CCN(CC(F)(F)C(F)F)CC1. The van der Waals surface area contributed by atoms with Gasteiger partial charge in [0.05, 0.1) is 6.54 Å². The molecule has 0 aliphatic carbocycles. The van der Waals surface area contributed by atoms with Crippen LogP contribution in [-0.2, 0) is 4.79 Å². The van der Waals surface area contributed by atoms with E-state index in [2.05, 4.69) is 0 Å². The molecule has 1 aliphatic rings. The summed E-state index contributed by atoms with van der Waals surface area (Å²) in [4.78, 5) is 14.2. The number of halogens is 5. The predicted octanol–water partition coefficient (Wildman–Crippen LogP) is 1.66. The first-order valence-electron chi connectivity index (χ1n) is 5.55. The van der Waals surface area contributed by atoms with Crippen LogP contribution in [0.4, 0.5) is 17.6 Å². The van der Waals surface area contributed by atoms with E-state index in [1.807, 2.05) is 0 Å². The highest BCUT2D eigenvalue weighted by Crippen LogP contribution is 2.24. The number of piperazine rings is 1. The third kappa shape index (κ3) is 3.98. The van der Waals surface area contributed by atoms with Crippen molar-refractivity contribution >= 4 is 17.5 Å². The normalized spacial score (nSPS) is 20.3. The van der Waals surface area contributed by atoms with Crippen LogP contribution in [-0.4, -0.2) is 66.2 Å². The molecule has 0 aromatic heterocycles. The van der Waals surface area contributed by atoms with Gasteiger partial charge in [-0.2, -0.15) is 8.78 Å². The number of carbonyl (C=O) groups excluding carboxylic acids is 1. The first kappa shape index (κ1) is 15.5. The predicted molar refractivity (Wildman–Crippen MR) is 59.3 cm³/mol. The molecule has 106 valence electrons. The van der Waals surface area contributed by atoms with Crippen molar-refractivity contribution in [1.82, 2.24) is 9.80 Å². The van der Waals surface area contributed by atoms with Crippen molar-refractivity contribution in [1.29, 1.82) is 0 Å². The number of alkyl halides is 5. The molecule has 1 atom stereocenters. The van der Waals surface area contributed by atoms with E-state index in [0.29, 0.717) is 0 Å². The molecule has 8 heteroatoms. The van der Waals surface area contributed by atoms with Crippen LogP contribution in [0.1, 0.15) is 6.92 Å². The molecule has 0 N–H and O–H groups in total. The summed E-state index contributed by atoms with van der Waals surface area (Å²) in [5.41, 5.74) is 0. The van der Waals surface area contributed by atoms with Crippen molar-refractivity contribution in [2.24, 2.45) is 0 Å². The summed E-state index contributed by atoms with van der Waals surface area (Å²) in [6, 6.07) is 0. The summed E-state index contributed by atoms with van der Waals surface area (Å²) in [5.74, 6) is -4.27. The van der Waals surface area contributed by atoms with Gasteiger partial charge in [0.15, 0.2) is 0 Å². The summed E-state index contributed by atoms with van der Waals surface area (Å²) in [6.45, 7) is 1.31. The Morgan fingerprint density at radius 3 is 2.17 bits per heavy atom. The van der Waals surface area contributed by atoms with E-state index in [1.54, 1.807) is 0 Å². The maximum atomic E-state index is 12.8. The van der Waals surface area contributed by atoms with Gasteiger partial charge in [0.2, 0.25) is 5.91 Å². The highest BCUT2D eigenvalue weighted by Gasteiger charge is 2.42. The number of amides is 1. The van der Waals surface area contributed by atoms with E-state index in [4.69, 9.17) is 11.6 Å². The molecule has 0 spiro atoms. The fourth-order valence-electron chi connectivity index (χ4n) is 1.75. The van der Waals surface area contributed by atoms with Crippen LogP contribution in [0.25, 0.3) is 0 Å². The topological polar surface area (TPSA) is 23.6 Å². The first-order chi connectivity index (χ1) is 8.24. The van der Waals surface area contributed by atoms with Gasteiger partial charge in [0, 0.05) is 26.2 Å². The maximum absolute atomic E-state index is 12.8. The molecule has 0 radical (unpaired) electrons. The molecule has 1 saturated heterocycles. The monoisotopic (exact) mass is 290 g/mol. The Morgan fingerprint density at radius 1 is 1.28 bits per heavy atom. The third-order valence-corrected chi connectivity index (χ3v) is 2.96. The minimum atomic E-state index is -4.01. The minimum Gasteiger partial charge on any atom is -0.339 e. The highest BCUT2D eigenvalue weighted by atomic mass is 35.5. The number of rotatable bonds is 4. The van der Waals surface area contributed by atoms with Crippen LogP contribution in [0.5, 0.6) is 0 Å². The van der Waals surface area contributed by atoms with E-state index in [1.165, 1.54) is 16.7 Å². The van der Waals surface area contributed by atoms with E-state index in [-0.39, 0.29) is 32.1 Å². The Kier molecular flexibility index (Phi) is 5.21. The van der Waals surface area contributed by atoms with Crippen LogP contribution in [0.15, 0.2) is 0 Å². The van der Waals surface area contributed by atoms with Crippen LogP contribution >= 0.6 is 11.6 Å². The molecule has 0 bridgehead atoms. The second-order valence-electron chi connectivity index (χ2n) is 4.28. The molecule has 3 nitrogen and oxygen atoms in total. The zero-order valence-electron chi connectivity index (χ0n) is 9.88. The number of nitrogens with zero attached hydrogens (tertiary/aromatic N) is 2. The van der Waals surface area contributed by atoms with Gasteiger partial charge in [-0.15, -0.1) is 11.6 Å². The van der Waals surface area contributed by atoms with Crippen molar-refractivity contribution < 1.29 is 22.4 Å². The zero-order valence-corrected chi connectivity index (χ0v) is 10.6. The molecule has 0 aromatic carbocycles. The van der Waals surface area contributed by atoms with Gasteiger partial charge in [-0.1, -0.05) is 0 Å².